The molecule has 0 unspecified atom stereocenters. The van der Waals surface area contributed by atoms with Crippen LogP contribution in [0.1, 0.15) is 27.9 Å². The van der Waals surface area contributed by atoms with E-state index in [1.807, 2.05) is 13.0 Å². The van der Waals surface area contributed by atoms with Crippen molar-refractivity contribution in [1.82, 2.24) is 0 Å². The van der Waals surface area contributed by atoms with Gasteiger partial charge in [0.2, 0.25) is 5.91 Å². The van der Waals surface area contributed by atoms with Gasteiger partial charge in [0.1, 0.15) is 4.88 Å². The van der Waals surface area contributed by atoms with Gasteiger partial charge in [-0.3, -0.25) is 9.59 Å². The van der Waals surface area contributed by atoms with Crippen LogP contribution < -0.4 is 10.2 Å². The Morgan fingerprint density at radius 3 is 2.76 bits per heavy atom. The zero-order valence-electron chi connectivity index (χ0n) is 13.9. The molecular weight excluding hydrogens is 340 g/mol. The van der Waals surface area contributed by atoms with Crippen LogP contribution in [-0.2, 0) is 14.3 Å². The van der Waals surface area contributed by atoms with E-state index < -0.39 is 5.97 Å². The molecule has 0 saturated heterocycles. The van der Waals surface area contributed by atoms with Crippen LogP contribution in [0.15, 0.2) is 36.4 Å². The first-order valence-corrected chi connectivity index (χ1v) is 8.72. The molecule has 0 aliphatic carbocycles. The number of fused-ring (bicyclic) bond motifs is 1. The molecule has 1 aliphatic heterocycles. The van der Waals surface area contributed by atoms with E-state index in [0.29, 0.717) is 16.3 Å². The molecule has 0 spiro atoms. The number of amides is 2. The second kappa shape index (κ2) is 7.06. The van der Waals surface area contributed by atoms with Crippen molar-refractivity contribution in [3.63, 3.8) is 0 Å². The normalized spacial score (nSPS) is 16.6. The largest absolute Gasteiger partial charge is 0.451 e. The highest BCUT2D eigenvalue weighted by Gasteiger charge is 2.30. The number of rotatable bonds is 3. The van der Waals surface area contributed by atoms with Gasteiger partial charge in [0.15, 0.2) is 6.61 Å². The average Bonchev–Trinajstić information content (AvgIpc) is 2.95. The van der Waals surface area contributed by atoms with E-state index in [1.54, 1.807) is 37.3 Å². The van der Waals surface area contributed by atoms with Gasteiger partial charge in [0.05, 0.1) is 11.4 Å². The van der Waals surface area contributed by atoms with E-state index >= 15 is 0 Å². The van der Waals surface area contributed by atoms with Crippen molar-refractivity contribution in [3.05, 3.63) is 46.2 Å². The number of esters is 1. The summed E-state index contributed by atoms with van der Waals surface area (Å²) in [5, 5.41) is 2.79. The highest BCUT2D eigenvalue weighted by molar-refractivity contribution is 7.13. The van der Waals surface area contributed by atoms with Gasteiger partial charge in [-0.05, 0) is 38.1 Å². The smallest absolute Gasteiger partial charge is 0.348 e. The maximum Gasteiger partial charge on any atom is 0.348 e. The fourth-order valence-corrected chi connectivity index (χ4v) is 3.54. The fourth-order valence-electron chi connectivity index (χ4n) is 2.78. The Kier molecular flexibility index (Phi) is 4.85. The van der Waals surface area contributed by atoms with Crippen LogP contribution in [0.25, 0.3) is 0 Å². The first-order chi connectivity index (χ1) is 12.0. The van der Waals surface area contributed by atoms with Crippen LogP contribution in [0.4, 0.5) is 11.4 Å². The van der Waals surface area contributed by atoms with Gasteiger partial charge >= 0.3 is 5.97 Å². The molecule has 0 saturated carbocycles. The third kappa shape index (κ3) is 3.71. The molecule has 1 aromatic carbocycles. The molecule has 2 amide bonds. The van der Waals surface area contributed by atoms with Crippen LogP contribution in [0.2, 0.25) is 0 Å². The second-order valence-corrected chi connectivity index (χ2v) is 7.16. The molecule has 2 heterocycles. The van der Waals surface area contributed by atoms with E-state index in [9.17, 15) is 14.4 Å². The van der Waals surface area contributed by atoms with Crippen molar-refractivity contribution in [1.29, 1.82) is 0 Å². The second-order valence-electron chi connectivity index (χ2n) is 5.87. The lowest BCUT2D eigenvalue weighted by molar-refractivity contribution is -0.122. The SMILES string of the molecule is Cc1ccc(C(=O)OCC(=O)N2c3ccccc3NC(=O)C[C@H]2C)s1. The van der Waals surface area contributed by atoms with Crippen molar-refractivity contribution < 1.29 is 19.1 Å². The number of hydrogen-bond acceptors (Lipinski definition) is 5. The molecule has 25 heavy (non-hydrogen) atoms. The molecule has 1 N–H and O–H groups in total. The van der Waals surface area contributed by atoms with E-state index in [1.165, 1.54) is 16.2 Å². The van der Waals surface area contributed by atoms with Gasteiger partial charge in [0.25, 0.3) is 5.91 Å². The van der Waals surface area contributed by atoms with E-state index in [2.05, 4.69) is 5.32 Å². The summed E-state index contributed by atoms with van der Waals surface area (Å²) in [5.41, 5.74) is 1.18. The highest BCUT2D eigenvalue weighted by atomic mass is 32.1. The van der Waals surface area contributed by atoms with Gasteiger partial charge in [0, 0.05) is 17.3 Å². The van der Waals surface area contributed by atoms with Gasteiger partial charge in [-0.1, -0.05) is 12.1 Å². The van der Waals surface area contributed by atoms with Crippen molar-refractivity contribution >= 4 is 40.5 Å². The lowest BCUT2D eigenvalue weighted by Gasteiger charge is -2.27. The van der Waals surface area contributed by atoms with Crippen LogP contribution >= 0.6 is 11.3 Å². The topological polar surface area (TPSA) is 75.7 Å². The molecule has 6 nitrogen and oxygen atoms in total. The van der Waals surface area contributed by atoms with Gasteiger partial charge in [-0.2, -0.15) is 0 Å². The number of carbonyl (C=O) groups excluding carboxylic acids is 3. The van der Waals surface area contributed by atoms with E-state index in [0.717, 1.165) is 4.88 Å². The molecule has 130 valence electrons. The number of anilines is 2. The minimum Gasteiger partial charge on any atom is -0.451 e. The van der Waals surface area contributed by atoms with Gasteiger partial charge < -0.3 is 15.0 Å². The molecule has 0 radical (unpaired) electrons. The zero-order valence-corrected chi connectivity index (χ0v) is 14.8. The number of ether oxygens (including phenoxy) is 1. The maximum atomic E-state index is 12.7. The van der Waals surface area contributed by atoms with Gasteiger partial charge in [-0.25, -0.2) is 4.79 Å². The number of thiophene rings is 1. The van der Waals surface area contributed by atoms with Crippen molar-refractivity contribution in [2.24, 2.45) is 0 Å². The Morgan fingerprint density at radius 2 is 2.04 bits per heavy atom. The van der Waals surface area contributed by atoms with Crippen LogP contribution in [0.5, 0.6) is 0 Å². The molecule has 0 fully saturated rings. The standard InChI is InChI=1S/C18H18N2O4S/c1-11-9-16(21)19-13-5-3-4-6-14(13)20(11)17(22)10-24-18(23)15-8-7-12(2)25-15/h3-8,11H,9-10H2,1-2H3,(H,19,21)/t11-/m1/s1. The number of hydrogen-bond donors (Lipinski definition) is 1. The molecule has 0 bridgehead atoms. The highest BCUT2D eigenvalue weighted by Crippen LogP contribution is 2.31. The average molecular weight is 358 g/mol. The monoisotopic (exact) mass is 358 g/mol. The number of aryl methyl sites for hydroxylation is 1. The molecular formula is C18H18N2O4S. The lowest BCUT2D eigenvalue weighted by atomic mass is 10.1. The Morgan fingerprint density at radius 1 is 1.28 bits per heavy atom. The predicted octanol–water partition coefficient (Wildman–Crippen LogP) is 2.98. The summed E-state index contributed by atoms with van der Waals surface area (Å²) in [6.45, 7) is 3.32. The molecule has 3 rings (SSSR count). The molecule has 1 aliphatic rings. The summed E-state index contributed by atoms with van der Waals surface area (Å²) in [5.74, 6) is -1.03. The molecule has 1 atom stereocenters. The Hall–Kier alpha value is -2.67. The quantitative estimate of drug-likeness (QED) is 0.856. The van der Waals surface area contributed by atoms with E-state index in [-0.39, 0.29) is 30.9 Å². The summed E-state index contributed by atoms with van der Waals surface area (Å²) in [6.07, 6.45) is 0.179. The third-order valence-electron chi connectivity index (χ3n) is 3.90. The Bertz CT molecular complexity index is 830. The lowest BCUT2D eigenvalue weighted by Crippen LogP contribution is -2.41. The number of para-hydroxylation sites is 2. The Balaban J connectivity index is 1.76. The number of nitrogens with one attached hydrogen (secondary N) is 1. The van der Waals surface area contributed by atoms with Crippen molar-refractivity contribution in [3.8, 4) is 0 Å². The zero-order chi connectivity index (χ0) is 18.0. The number of nitrogens with zero attached hydrogens (tertiary/aromatic N) is 1. The number of benzene rings is 1. The summed E-state index contributed by atoms with van der Waals surface area (Å²) in [4.78, 5) is 39.6. The van der Waals surface area contributed by atoms with E-state index in [4.69, 9.17) is 4.74 Å². The van der Waals surface area contributed by atoms with Crippen LogP contribution in [0.3, 0.4) is 0 Å². The summed E-state index contributed by atoms with van der Waals surface area (Å²) in [7, 11) is 0. The first kappa shape index (κ1) is 17.2. The van der Waals surface area contributed by atoms with Crippen LogP contribution in [-0.4, -0.2) is 30.4 Å². The minimum absolute atomic E-state index is 0.152. The first-order valence-electron chi connectivity index (χ1n) is 7.90. The Labute approximate surface area is 149 Å². The molecule has 1 aromatic heterocycles. The fraction of sp³-hybridized carbons (Fsp3) is 0.278. The third-order valence-corrected chi connectivity index (χ3v) is 4.88. The predicted molar refractivity (Wildman–Crippen MR) is 96.0 cm³/mol. The van der Waals surface area contributed by atoms with Crippen LogP contribution in [0, 0.1) is 6.92 Å². The maximum absolute atomic E-state index is 12.7. The molecule has 7 heteroatoms. The number of carbonyl (C=O) groups is 3. The summed E-state index contributed by atoms with van der Waals surface area (Å²) in [6, 6.07) is 10.3. The minimum atomic E-state index is -0.517. The van der Waals surface area contributed by atoms with Crippen molar-refractivity contribution in [2.75, 3.05) is 16.8 Å². The summed E-state index contributed by atoms with van der Waals surface area (Å²) < 4.78 is 5.16. The summed E-state index contributed by atoms with van der Waals surface area (Å²) >= 11 is 1.32. The van der Waals surface area contributed by atoms with Gasteiger partial charge in [-0.15, -0.1) is 11.3 Å². The van der Waals surface area contributed by atoms with Crippen molar-refractivity contribution in [2.45, 2.75) is 26.3 Å². The molecule has 2 aromatic rings.